The highest BCUT2D eigenvalue weighted by Gasteiger charge is 2.06. The summed E-state index contributed by atoms with van der Waals surface area (Å²) < 4.78 is 5.09. The summed E-state index contributed by atoms with van der Waals surface area (Å²) in [5, 5.41) is 9.41. The van der Waals surface area contributed by atoms with Crippen LogP contribution in [0.4, 0.5) is 5.82 Å². The molecule has 2 N–H and O–H groups in total. The first-order chi connectivity index (χ1) is 9.19. The number of aryl methyl sites for hydroxylation is 2. The van der Waals surface area contributed by atoms with Crippen LogP contribution < -0.4 is 10.1 Å². The molecule has 0 fully saturated rings. The van der Waals surface area contributed by atoms with Gasteiger partial charge < -0.3 is 10.1 Å². The number of ether oxygens (including phenoxy) is 1. The van der Waals surface area contributed by atoms with Crippen molar-refractivity contribution in [2.45, 2.75) is 19.8 Å². The highest BCUT2D eigenvalue weighted by molar-refractivity contribution is 5.90. The summed E-state index contributed by atoms with van der Waals surface area (Å²) in [6, 6.07) is 7.72. The second-order valence-electron chi connectivity index (χ2n) is 4.32. The van der Waals surface area contributed by atoms with E-state index in [0.717, 1.165) is 16.9 Å². The van der Waals surface area contributed by atoms with Gasteiger partial charge in [0.25, 0.3) is 0 Å². The van der Waals surface area contributed by atoms with Gasteiger partial charge in [0.15, 0.2) is 0 Å². The van der Waals surface area contributed by atoms with E-state index in [2.05, 4.69) is 15.5 Å². The molecule has 5 nitrogen and oxygen atoms in total. The standard InChI is InChI=1S/C14H17N3O2/c1-10-9-15-17-14(10)16-13(18)8-5-11-3-6-12(19-2)7-4-11/h3-4,6-7,9H,5,8H2,1-2H3,(H2,15,16,17,18). The number of amides is 1. The van der Waals surface area contributed by atoms with E-state index in [-0.39, 0.29) is 5.91 Å². The van der Waals surface area contributed by atoms with Crippen LogP contribution in [0.1, 0.15) is 17.5 Å². The minimum Gasteiger partial charge on any atom is -0.497 e. The highest BCUT2D eigenvalue weighted by Crippen LogP contribution is 2.13. The summed E-state index contributed by atoms with van der Waals surface area (Å²) in [6.45, 7) is 1.89. The Kier molecular flexibility index (Phi) is 4.18. The molecule has 0 aliphatic rings. The van der Waals surface area contributed by atoms with Crippen molar-refractivity contribution in [2.75, 3.05) is 12.4 Å². The third kappa shape index (κ3) is 3.58. The lowest BCUT2D eigenvalue weighted by Gasteiger charge is -2.05. The minimum absolute atomic E-state index is 0.0248. The maximum Gasteiger partial charge on any atom is 0.225 e. The van der Waals surface area contributed by atoms with Gasteiger partial charge >= 0.3 is 0 Å². The number of methoxy groups -OCH3 is 1. The second kappa shape index (κ2) is 6.04. The number of nitrogens with one attached hydrogen (secondary N) is 2. The fourth-order valence-electron chi connectivity index (χ4n) is 1.72. The quantitative estimate of drug-likeness (QED) is 0.865. The minimum atomic E-state index is -0.0248. The molecular formula is C14H17N3O2. The number of hydrogen-bond acceptors (Lipinski definition) is 3. The smallest absolute Gasteiger partial charge is 0.225 e. The molecule has 1 amide bonds. The van der Waals surface area contributed by atoms with Crippen molar-refractivity contribution < 1.29 is 9.53 Å². The van der Waals surface area contributed by atoms with E-state index in [1.807, 2.05) is 31.2 Å². The van der Waals surface area contributed by atoms with Gasteiger partial charge in [-0.2, -0.15) is 5.10 Å². The number of benzene rings is 1. The summed E-state index contributed by atoms with van der Waals surface area (Å²) in [5.74, 6) is 1.46. The number of H-pyrrole nitrogens is 1. The molecule has 0 unspecified atom stereocenters. The van der Waals surface area contributed by atoms with Gasteiger partial charge in [-0.25, -0.2) is 0 Å². The van der Waals surface area contributed by atoms with Crippen molar-refractivity contribution in [3.05, 3.63) is 41.6 Å². The SMILES string of the molecule is COc1ccc(CCC(=O)Nc2[nH]ncc2C)cc1. The van der Waals surface area contributed by atoms with Gasteiger partial charge in [0.1, 0.15) is 11.6 Å². The Bertz CT molecular complexity index is 546. The average Bonchev–Trinajstić information content (AvgIpc) is 2.82. The second-order valence-corrected chi connectivity index (χ2v) is 4.32. The molecule has 0 saturated carbocycles. The van der Waals surface area contributed by atoms with Crippen molar-refractivity contribution in [1.82, 2.24) is 10.2 Å². The number of anilines is 1. The summed E-state index contributed by atoms with van der Waals surface area (Å²) in [6.07, 6.45) is 2.81. The van der Waals surface area contributed by atoms with Gasteiger partial charge in [-0.15, -0.1) is 0 Å². The third-order valence-electron chi connectivity index (χ3n) is 2.89. The topological polar surface area (TPSA) is 67.0 Å². The van der Waals surface area contributed by atoms with E-state index < -0.39 is 0 Å². The van der Waals surface area contributed by atoms with Gasteiger partial charge in [0, 0.05) is 12.0 Å². The van der Waals surface area contributed by atoms with Crippen LogP contribution in [0.3, 0.4) is 0 Å². The molecule has 0 spiro atoms. The largest absolute Gasteiger partial charge is 0.497 e. The normalized spacial score (nSPS) is 10.2. The lowest BCUT2D eigenvalue weighted by atomic mass is 10.1. The van der Waals surface area contributed by atoms with Crippen LogP contribution in [0.15, 0.2) is 30.5 Å². The zero-order valence-corrected chi connectivity index (χ0v) is 11.1. The van der Waals surface area contributed by atoms with Crippen molar-refractivity contribution in [2.24, 2.45) is 0 Å². The van der Waals surface area contributed by atoms with Crippen LogP contribution in [0.25, 0.3) is 0 Å². The maximum absolute atomic E-state index is 11.8. The summed E-state index contributed by atoms with van der Waals surface area (Å²) in [5.41, 5.74) is 2.04. The predicted octanol–water partition coefficient (Wildman–Crippen LogP) is 2.30. The lowest BCUT2D eigenvalue weighted by molar-refractivity contribution is -0.116. The molecule has 2 aromatic rings. The van der Waals surface area contributed by atoms with Crippen LogP contribution in [-0.2, 0) is 11.2 Å². The molecule has 1 aromatic heterocycles. The number of aromatic amines is 1. The maximum atomic E-state index is 11.8. The van der Waals surface area contributed by atoms with E-state index in [1.54, 1.807) is 13.3 Å². The molecule has 0 aliphatic heterocycles. The summed E-state index contributed by atoms with van der Waals surface area (Å²) >= 11 is 0. The van der Waals surface area contributed by atoms with Crippen molar-refractivity contribution in [3.63, 3.8) is 0 Å². The van der Waals surface area contributed by atoms with E-state index in [4.69, 9.17) is 4.74 Å². The zero-order valence-electron chi connectivity index (χ0n) is 11.1. The molecule has 100 valence electrons. The first-order valence-corrected chi connectivity index (χ1v) is 6.12. The van der Waals surface area contributed by atoms with E-state index in [1.165, 1.54) is 0 Å². The van der Waals surface area contributed by atoms with Crippen molar-refractivity contribution >= 4 is 11.7 Å². The molecular weight excluding hydrogens is 242 g/mol. The van der Waals surface area contributed by atoms with Gasteiger partial charge in [0.2, 0.25) is 5.91 Å². The molecule has 1 aromatic carbocycles. The van der Waals surface area contributed by atoms with E-state index in [0.29, 0.717) is 18.7 Å². The molecule has 0 bridgehead atoms. The number of aromatic nitrogens is 2. The highest BCUT2D eigenvalue weighted by atomic mass is 16.5. The fourth-order valence-corrected chi connectivity index (χ4v) is 1.72. The third-order valence-corrected chi connectivity index (χ3v) is 2.89. The number of carbonyl (C=O) groups excluding carboxylic acids is 1. The average molecular weight is 259 g/mol. The van der Waals surface area contributed by atoms with Gasteiger partial charge in [-0.3, -0.25) is 9.89 Å². The molecule has 5 heteroatoms. The Morgan fingerprint density at radius 1 is 1.37 bits per heavy atom. The number of nitrogens with zero attached hydrogens (tertiary/aromatic N) is 1. The van der Waals surface area contributed by atoms with Crippen LogP contribution in [0, 0.1) is 6.92 Å². The van der Waals surface area contributed by atoms with E-state index in [9.17, 15) is 4.79 Å². The molecule has 0 radical (unpaired) electrons. The summed E-state index contributed by atoms with van der Waals surface area (Å²) in [7, 11) is 1.63. The molecule has 0 atom stereocenters. The molecule has 19 heavy (non-hydrogen) atoms. The number of carbonyl (C=O) groups is 1. The molecule has 0 aliphatic carbocycles. The zero-order chi connectivity index (χ0) is 13.7. The van der Waals surface area contributed by atoms with Crippen LogP contribution in [-0.4, -0.2) is 23.2 Å². The first-order valence-electron chi connectivity index (χ1n) is 6.12. The van der Waals surface area contributed by atoms with Gasteiger partial charge in [-0.1, -0.05) is 12.1 Å². The monoisotopic (exact) mass is 259 g/mol. The van der Waals surface area contributed by atoms with Crippen molar-refractivity contribution in [1.29, 1.82) is 0 Å². The van der Waals surface area contributed by atoms with Crippen LogP contribution in [0.2, 0.25) is 0 Å². The van der Waals surface area contributed by atoms with Gasteiger partial charge in [-0.05, 0) is 31.0 Å². The predicted molar refractivity (Wildman–Crippen MR) is 73.3 cm³/mol. The first kappa shape index (κ1) is 13.1. The fraction of sp³-hybridized carbons (Fsp3) is 0.286. The van der Waals surface area contributed by atoms with Crippen molar-refractivity contribution in [3.8, 4) is 5.75 Å². The summed E-state index contributed by atoms with van der Waals surface area (Å²) in [4.78, 5) is 11.8. The number of hydrogen-bond donors (Lipinski definition) is 2. The molecule has 1 heterocycles. The Hall–Kier alpha value is -2.30. The molecule has 0 saturated heterocycles. The number of rotatable bonds is 5. The Balaban J connectivity index is 1.84. The lowest BCUT2D eigenvalue weighted by Crippen LogP contribution is -2.13. The molecule has 2 rings (SSSR count). The Labute approximate surface area is 112 Å². The van der Waals surface area contributed by atoms with Crippen LogP contribution >= 0.6 is 0 Å². The van der Waals surface area contributed by atoms with E-state index >= 15 is 0 Å². The Morgan fingerprint density at radius 3 is 2.68 bits per heavy atom. The Morgan fingerprint density at radius 2 is 2.11 bits per heavy atom. The van der Waals surface area contributed by atoms with Gasteiger partial charge in [0.05, 0.1) is 13.3 Å². The van der Waals surface area contributed by atoms with Crippen LogP contribution in [0.5, 0.6) is 5.75 Å².